The molecule has 0 N–H and O–H groups in total. The van der Waals surface area contributed by atoms with Crippen LogP contribution in [0.5, 0.6) is 0 Å². The van der Waals surface area contributed by atoms with E-state index in [1.165, 1.54) is 52.5 Å². The average molecular weight is 732 g/mol. The van der Waals surface area contributed by atoms with E-state index in [0.717, 1.165) is 49.8 Å². The topological polar surface area (TPSA) is 51.8 Å². The number of hydrogen-bond donors (Lipinski definition) is 0. The number of furan rings is 1. The number of fused-ring (bicyclic) bond motifs is 12. The van der Waals surface area contributed by atoms with Crippen molar-refractivity contribution in [3.05, 3.63) is 176 Å². The maximum atomic E-state index is 6.63. The molecule has 260 valence electrons. The van der Waals surface area contributed by atoms with Gasteiger partial charge < -0.3 is 4.42 Å². The quantitative estimate of drug-likeness (QED) is 0.169. The molecule has 56 heavy (non-hydrogen) atoms. The van der Waals surface area contributed by atoms with E-state index >= 15 is 0 Å². The summed E-state index contributed by atoms with van der Waals surface area (Å²) in [5, 5.41) is 12.1. The predicted molar refractivity (Wildman–Crippen MR) is 234 cm³/mol. The molecule has 0 bridgehead atoms. The van der Waals surface area contributed by atoms with Gasteiger partial charge in [0.1, 0.15) is 11.2 Å². The number of benzene rings is 9. The molecule has 0 saturated carbocycles. The fraction of sp³-hybridized carbons (Fsp3) is 0. The van der Waals surface area contributed by atoms with E-state index in [0.29, 0.717) is 17.5 Å². The summed E-state index contributed by atoms with van der Waals surface area (Å²) in [6, 6.07) is 62.2. The molecule has 0 atom stereocenters. The van der Waals surface area contributed by atoms with Crippen LogP contribution >= 0.6 is 11.3 Å². The standard InChI is InChI=1S/C51H29N3OS/c1-2-12-30(13-3-1)49-52-50(32-23-25-40-39-18-9-11-21-46(39)56-47(40)29-32)54-51(53-49)33-27-42(48-41-19-8-10-20-44(41)55-45(48)28-33)31-22-24-38-36-16-5-4-14-34(36)35-15-6-7-17-37(35)43(38)26-31/h1-29H. The number of aromatic nitrogens is 3. The van der Waals surface area contributed by atoms with Gasteiger partial charge in [-0.15, -0.1) is 11.3 Å². The van der Waals surface area contributed by atoms with E-state index in [-0.39, 0.29) is 0 Å². The Kier molecular flexibility index (Phi) is 6.76. The fourth-order valence-electron chi connectivity index (χ4n) is 8.50. The number of para-hydroxylation sites is 1. The molecule has 9 aromatic carbocycles. The van der Waals surface area contributed by atoms with Gasteiger partial charge in [-0.25, -0.2) is 15.0 Å². The molecule has 12 aromatic rings. The molecule has 0 saturated heterocycles. The summed E-state index contributed by atoms with van der Waals surface area (Å²) in [6.45, 7) is 0. The lowest BCUT2D eigenvalue weighted by Gasteiger charge is -2.13. The van der Waals surface area contributed by atoms with E-state index < -0.39 is 0 Å². The molecule has 0 unspecified atom stereocenters. The summed E-state index contributed by atoms with van der Waals surface area (Å²) in [6.07, 6.45) is 0. The SMILES string of the molecule is c1ccc(-c2nc(-c3cc(-c4ccc5c6ccccc6c6ccccc6c5c4)c4c(c3)oc3ccccc34)nc(-c3ccc4c(c3)sc3ccccc34)n2)cc1. The van der Waals surface area contributed by atoms with E-state index in [1.807, 2.05) is 30.3 Å². The zero-order chi connectivity index (χ0) is 36.7. The van der Waals surface area contributed by atoms with Crippen molar-refractivity contribution in [3.8, 4) is 45.3 Å². The highest BCUT2D eigenvalue weighted by Crippen LogP contribution is 2.43. The van der Waals surface area contributed by atoms with Crippen LogP contribution in [-0.2, 0) is 0 Å². The van der Waals surface area contributed by atoms with Crippen LogP contribution in [0.25, 0.3) is 120 Å². The molecule has 0 aliphatic rings. The Hall–Kier alpha value is -7.21. The van der Waals surface area contributed by atoms with Crippen molar-refractivity contribution in [1.82, 2.24) is 15.0 Å². The molecule has 0 aliphatic carbocycles. The molecule has 0 amide bonds. The smallest absolute Gasteiger partial charge is 0.164 e. The summed E-state index contributed by atoms with van der Waals surface area (Å²) in [7, 11) is 0. The Bertz CT molecular complexity index is 3510. The first-order valence-corrected chi connectivity index (χ1v) is 19.6. The second kappa shape index (κ2) is 12.2. The second-order valence-electron chi connectivity index (χ2n) is 14.3. The average Bonchev–Trinajstić information content (AvgIpc) is 3.84. The third-order valence-corrected chi connectivity index (χ3v) is 12.2. The molecule has 0 fully saturated rings. The summed E-state index contributed by atoms with van der Waals surface area (Å²) in [5.74, 6) is 1.84. The lowest BCUT2D eigenvalue weighted by atomic mass is 9.90. The summed E-state index contributed by atoms with van der Waals surface area (Å²) in [5.41, 5.74) is 6.54. The van der Waals surface area contributed by atoms with Gasteiger partial charge in [0, 0.05) is 47.6 Å². The van der Waals surface area contributed by atoms with Crippen LogP contribution < -0.4 is 0 Å². The number of hydrogen-bond acceptors (Lipinski definition) is 5. The minimum atomic E-state index is 0.589. The van der Waals surface area contributed by atoms with Gasteiger partial charge in [-0.2, -0.15) is 0 Å². The lowest BCUT2D eigenvalue weighted by molar-refractivity contribution is 0.669. The van der Waals surface area contributed by atoms with Gasteiger partial charge in [-0.05, 0) is 79.8 Å². The summed E-state index contributed by atoms with van der Waals surface area (Å²) < 4.78 is 9.10. The summed E-state index contributed by atoms with van der Waals surface area (Å²) in [4.78, 5) is 15.5. The molecule has 5 heteroatoms. The molecular weight excluding hydrogens is 703 g/mol. The monoisotopic (exact) mass is 731 g/mol. The summed E-state index contributed by atoms with van der Waals surface area (Å²) >= 11 is 1.79. The fourth-order valence-corrected chi connectivity index (χ4v) is 9.65. The van der Waals surface area contributed by atoms with Gasteiger partial charge >= 0.3 is 0 Å². The minimum absolute atomic E-state index is 0.589. The Morgan fingerprint density at radius 1 is 0.321 bits per heavy atom. The normalized spacial score (nSPS) is 11.9. The lowest BCUT2D eigenvalue weighted by Crippen LogP contribution is -2.00. The van der Waals surface area contributed by atoms with Crippen molar-refractivity contribution in [3.63, 3.8) is 0 Å². The van der Waals surface area contributed by atoms with Crippen LogP contribution in [-0.4, -0.2) is 15.0 Å². The Balaban J connectivity index is 1.11. The maximum absolute atomic E-state index is 6.63. The maximum Gasteiger partial charge on any atom is 0.164 e. The minimum Gasteiger partial charge on any atom is -0.456 e. The molecule has 3 aromatic heterocycles. The number of nitrogens with zero attached hydrogens (tertiary/aromatic N) is 3. The first-order valence-electron chi connectivity index (χ1n) is 18.8. The van der Waals surface area contributed by atoms with Crippen LogP contribution in [0.2, 0.25) is 0 Å². The molecule has 0 aliphatic heterocycles. The van der Waals surface area contributed by atoms with Gasteiger partial charge in [0.25, 0.3) is 0 Å². The van der Waals surface area contributed by atoms with Crippen LogP contribution in [0.3, 0.4) is 0 Å². The predicted octanol–water partition coefficient (Wildman–Crippen LogP) is 14.3. The molecule has 0 spiro atoms. The van der Waals surface area contributed by atoms with Gasteiger partial charge in [0.05, 0.1) is 0 Å². The first kappa shape index (κ1) is 31.2. The molecular formula is C51H29N3OS. The Morgan fingerprint density at radius 2 is 0.857 bits per heavy atom. The number of rotatable bonds is 4. The van der Waals surface area contributed by atoms with Gasteiger partial charge in [0.15, 0.2) is 17.5 Å². The highest BCUT2D eigenvalue weighted by atomic mass is 32.1. The largest absolute Gasteiger partial charge is 0.456 e. The van der Waals surface area contributed by atoms with E-state index in [1.54, 1.807) is 11.3 Å². The van der Waals surface area contributed by atoms with Gasteiger partial charge in [0.2, 0.25) is 0 Å². The first-order chi connectivity index (χ1) is 27.7. The van der Waals surface area contributed by atoms with Crippen molar-refractivity contribution < 1.29 is 4.42 Å². The molecule has 0 radical (unpaired) electrons. The Labute approximate surface area is 325 Å². The van der Waals surface area contributed by atoms with E-state index in [4.69, 9.17) is 19.4 Å². The van der Waals surface area contributed by atoms with Crippen molar-refractivity contribution in [1.29, 1.82) is 0 Å². The van der Waals surface area contributed by atoms with Crippen LogP contribution in [0.4, 0.5) is 0 Å². The highest BCUT2D eigenvalue weighted by molar-refractivity contribution is 7.25. The third kappa shape index (κ3) is 4.81. The number of thiophene rings is 1. The van der Waals surface area contributed by atoms with E-state index in [9.17, 15) is 0 Å². The van der Waals surface area contributed by atoms with Crippen molar-refractivity contribution in [2.75, 3.05) is 0 Å². The zero-order valence-corrected chi connectivity index (χ0v) is 30.7. The molecule has 3 heterocycles. The van der Waals surface area contributed by atoms with Crippen LogP contribution in [0.1, 0.15) is 0 Å². The van der Waals surface area contributed by atoms with Crippen molar-refractivity contribution >= 4 is 85.8 Å². The van der Waals surface area contributed by atoms with Crippen molar-refractivity contribution in [2.24, 2.45) is 0 Å². The second-order valence-corrected chi connectivity index (χ2v) is 15.4. The van der Waals surface area contributed by atoms with Gasteiger partial charge in [-0.3, -0.25) is 0 Å². The molecule has 12 rings (SSSR count). The van der Waals surface area contributed by atoms with Gasteiger partial charge in [-0.1, -0.05) is 140 Å². The Morgan fingerprint density at radius 3 is 1.61 bits per heavy atom. The van der Waals surface area contributed by atoms with Crippen LogP contribution in [0.15, 0.2) is 180 Å². The zero-order valence-electron chi connectivity index (χ0n) is 29.9. The van der Waals surface area contributed by atoms with Crippen molar-refractivity contribution in [2.45, 2.75) is 0 Å². The third-order valence-electron chi connectivity index (χ3n) is 11.1. The molecule has 4 nitrogen and oxygen atoms in total. The highest BCUT2D eigenvalue weighted by Gasteiger charge is 2.20. The van der Waals surface area contributed by atoms with Crippen LogP contribution in [0, 0.1) is 0 Å². The van der Waals surface area contributed by atoms with E-state index in [2.05, 4.69) is 146 Å².